The number of fused-ring (bicyclic) bond motifs is 1. The minimum Gasteiger partial charge on any atom is -0.487 e. The molecule has 0 amide bonds. The molecule has 0 aliphatic heterocycles. The van der Waals surface area contributed by atoms with Gasteiger partial charge in [-0.3, -0.25) is 0 Å². The van der Waals surface area contributed by atoms with Crippen molar-refractivity contribution in [3.05, 3.63) is 53.9 Å². The van der Waals surface area contributed by atoms with Crippen molar-refractivity contribution in [3.63, 3.8) is 0 Å². The van der Waals surface area contributed by atoms with Crippen LogP contribution in [-0.2, 0) is 17.6 Å². The van der Waals surface area contributed by atoms with E-state index in [1.54, 1.807) is 12.7 Å². The molecule has 0 unspecified atom stereocenters. The molecule has 0 spiro atoms. The topological polar surface area (TPSA) is 64.2 Å². The molecule has 33 heavy (non-hydrogen) atoms. The fourth-order valence-electron chi connectivity index (χ4n) is 3.06. The van der Waals surface area contributed by atoms with Gasteiger partial charge in [-0.25, -0.2) is 9.98 Å². The maximum atomic E-state index is 12.9. The standard InChI is InChI=1S/C23H26F3N5O2/c1-5-30(3)14-27-20-11-21-22(9-16(20)2)31(15-28-21)12-18(29-32-4)13-33-19-8-6-7-17(10-19)23(24,25)26/h6-11,14-15H,5,12-13H2,1-4H3/b27-14?,29-18-. The highest BCUT2D eigenvalue weighted by atomic mass is 19.4. The van der Waals surface area contributed by atoms with E-state index >= 15 is 0 Å². The van der Waals surface area contributed by atoms with Gasteiger partial charge in [0.05, 0.1) is 41.5 Å². The van der Waals surface area contributed by atoms with Crippen molar-refractivity contribution in [2.75, 3.05) is 27.3 Å². The smallest absolute Gasteiger partial charge is 0.416 e. The van der Waals surface area contributed by atoms with Crippen LogP contribution in [0.2, 0.25) is 0 Å². The number of hydrogen-bond donors (Lipinski definition) is 0. The number of aromatic nitrogens is 2. The fourth-order valence-corrected chi connectivity index (χ4v) is 3.06. The van der Waals surface area contributed by atoms with Gasteiger partial charge in [0, 0.05) is 13.6 Å². The van der Waals surface area contributed by atoms with Crippen LogP contribution in [0.4, 0.5) is 18.9 Å². The van der Waals surface area contributed by atoms with E-state index in [1.165, 1.54) is 19.2 Å². The van der Waals surface area contributed by atoms with Gasteiger partial charge in [-0.2, -0.15) is 13.2 Å². The molecule has 10 heteroatoms. The Balaban J connectivity index is 1.77. The molecule has 0 bridgehead atoms. The van der Waals surface area contributed by atoms with E-state index in [4.69, 9.17) is 9.57 Å². The molecule has 176 valence electrons. The Morgan fingerprint density at radius 3 is 2.73 bits per heavy atom. The first kappa shape index (κ1) is 24.1. The van der Waals surface area contributed by atoms with Crippen molar-refractivity contribution in [3.8, 4) is 5.75 Å². The Morgan fingerprint density at radius 2 is 2.03 bits per heavy atom. The summed E-state index contributed by atoms with van der Waals surface area (Å²) in [4.78, 5) is 15.9. The molecular weight excluding hydrogens is 435 g/mol. The van der Waals surface area contributed by atoms with Crippen LogP contribution >= 0.6 is 0 Å². The molecular formula is C23H26F3N5O2. The number of rotatable bonds is 9. The van der Waals surface area contributed by atoms with Gasteiger partial charge in [-0.1, -0.05) is 11.2 Å². The molecule has 2 aromatic carbocycles. The molecule has 0 saturated heterocycles. The first-order chi connectivity index (χ1) is 15.7. The van der Waals surface area contributed by atoms with Gasteiger partial charge in [0.15, 0.2) is 0 Å². The van der Waals surface area contributed by atoms with Crippen LogP contribution in [0.3, 0.4) is 0 Å². The first-order valence-electron chi connectivity index (χ1n) is 10.3. The molecule has 7 nitrogen and oxygen atoms in total. The average Bonchev–Trinajstić information content (AvgIpc) is 3.16. The maximum Gasteiger partial charge on any atom is 0.416 e. The van der Waals surface area contributed by atoms with E-state index in [0.29, 0.717) is 12.3 Å². The molecule has 3 rings (SSSR count). The van der Waals surface area contributed by atoms with Gasteiger partial charge in [0.25, 0.3) is 0 Å². The van der Waals surface area contributed by atoms with Gasteiger partial charge in [0.1, 0.15) is 25.2 Å². The number of halogens is 3. The highest BCUT2D eigenvalue weighted by molar-refractivity contribution is 5.88. The van der Waals surface area contributed by atoms with Gasteiger partial charge in [-0.05, 0) is 49.7 Å². The zero-order chi connectivity index (χ0) is 24.0. The summed E-state index contributed by atoms with van der Waals surface area (Å²) in [5.74, 6) is 0.0968. The summed E-state index contributed by atoms with van der Waals surface area (Å²) in [5, 5.41) is 3.98. The number of hydrogen-bond acceptors (Lipinski definition) is 5. The highest BCUT2D eigenvalue weighted by Gasteiger charge is 2.30. The number of nitrogens with zero attached hydrogens (tertiary/aromatic N) is 5. The quantitative estimate of drug-likeness (QED) is 0.254. The summed E-state index contributed by atoms with van der Waals surface area (Å²) in [6.07, 6.45) is -0.990. The van der Waals surface area contributed by atoms with Crippen LogP contribution in [0.5, 0.6) is 5.75 Å². The Hall–Kier alpha value is -3.56. The summed E-state index contributed by atoms with van der Waals surface area (Å²) in [6.45, 7) is 5.11. The van der Waals surface area contributed by atoms with Crippen LogP contribution in [0.15, 0.2) is 52.9 Å². The lowest BCUT2D eigenvalue weighted by molar-refractivity contribution is -0.137. The van der Waals surface area contributed by atoms with Crippen LogP contribution in [0, 0.1) is 6.92 Å². The Kier molecular flexibility index (Phi) is 7.57. The lowest BCUT2D eigenvalue weighted by Crippen LogP contribution is -2.18. The van der Waals surface area contributed by atoms with Gasteiger partial charge in [0.2, 0.25) is 0 Å². The van der Waals surface area contributed by atoms with Crippen molar-refractivity contribution >= 4 is 28.8 Å². The average molecular weight is 461 g/mol. The number of alkyl halides is 3. The molecule has 1 heterocycles. The monoisotopic (exact) mass is 461 g/mol. The van der Waals surface area contributed by atoms with Crippen molar-refractivity contribution in [2.24, 2.45) is 10.1 Å². The summed E-state index contributed by atoms with van der Waals surface area (Å²) < 4.78 is 46.2. The van der Waals surface area contributed by atoms with E-state index in [0.717, 1.165) is 41.0 Å². The maximum absolute atomic E-state index is 12.9. The lowest BCUT2D eigenvalue weighted by atomic mass is 10.2. The van der Waals surface area contributed by atoms with Crippen LogP contribution in [0.25, 0.3) is 11.0 Å². The van der Waals surface area contributed by atoms with E-state index in [2.05, 4.69) is 15.1 Å². The van der Waals surface area contributed by atoms with E-state index in [9.17, 15) is 13.2 Å². The fraction of sp³-hybridized carbons (Fsp3) is 0.348. The molecule has 0 N–H and O–H groups in total. The van der Waals surface area contributed by atoms with Gasteiger partial charge < -0.3 is 19.0 Å². The third-order valence-corrected chi connectivity index (χ3v) is 4.97. The summed E-state index contributed by atoms with van der Waals surface area (Å²) in [5.41, 5.74) is 3.16. The number of aliphatic imine (C=N–C) groups is 1. The van der Waals surface area contributed by atoms with Crippen molar-refractivity contribution in [2.45, 2.75) is 26.6 Å². The zero-order valence-electron chi connectivity index (χ0n) is 18.9. The Morgan fingerprint density at radius 1 is 1.24 bits per heavy atom. The number of aryl methyl sites for hydroxylation is 1. The molecule has 0 fully saturated rings. The predicted molar refractivity (Wildman–Crippen MR) is 122 cm³/mol. The second-order valence-electron chi connectivity index (χ2n) is 7.47. The number of ether oxygens (including phenoxy) is 1. The zero-order valence-corrected chi connectivity index (χ0v) is 18.9. The van der Waals surface area contributed by atoms with Crippen molar-refractivity contribution < 1.29 is 22.7 Å². The summed E-state index contributed by atoms with van der Waals surface area (Å²) in [7, 11) is 3.35. The summed E-state index contributed by atoms with van der Waals surface area (Å²) in [6, 6.07) is 8.61. The molecule has 0 aliphatic carbocycles. The van der Waals surface area contributed by atoms with Gasteiger partial charge in [-0.15, -0.1) is 0 Å². The largest absolute Gasteiger partial charge is 0.487 e. The lowest BCUT2D eigenvalue weighted by Gasteiger charge is -2.12. The van der Waals surface area contributed by atoms with E-state index < -0.39 is 11.7 Å². The minimum atomic E-state index is -4.44. The van der Waals surface area contributed by atoms with Crippen molar-refractivity contribution in [1.29, 1.82) is 0 Å². The first-order valence-corrected chi connectivity index (χ1v) is 10.3. The normalized spacial score (nSPS) is 12.5. The second-order valence-corrected chi connectivity index (χ2v) is 7.47. The van der Waals surface area contributed by atoms with E-state index in [1.807, 2.05) is 42.5 Å². The molecule has 3 aromatic rings. The van der Waals surface area contributed by atoms with E-state index in [-0.39, 0.29) is 12.4 Å². The molecule has 0 atom stereocenters. The van der Waals surface area contributed by atoms with Crippen LogP contribution in [0.1, 0.15) is 18.1 Å². The minimum absolute atomic E-state index is 0.0421. The number of imidazole rings is 1. The van der Waals surface area contributed by atoms with Crippen molar-refractivity contribution in [1.82, 2.24) is 14.5 Å². The predicted octanol–water partition coefficient (Wildman–Crippen LogP) is 5.06. The Labute approximate surface area is 190 Å². The van der Waals surface area contributed by atoms with Crippen LogP contribution < -0.4 is 4.74 Å². The number of benzene rings is 2. The molecule has 0 radical (unpaired) electrons. The van der Waals surface area contributed by atoms with Crippen LogP contribution in [-0.4, -0.2) is 53.8 Å². The Bertz CT molecular complexity index is 1150. The SMILES string of the molecule is CCN(C)C=Nc1cc2ncn(C/C(COc3cccc(C(F)(F)F)c3)=N/OC)c2cc1C. The third-order valence-electron chi connectivity index (χ3n) is 4.97. The number of oxime groups is 1. The molecule has 0 aliphatic rings. The third kappa shape index (κ3) is 6.24. The highest BCUT2D eigenvalue weighted by Crippen LogP contribution is 2.31. The molecule has 0 saturated carbocycles. The summed E-state index contributed by atoms with van der Waals surface area (Å²) >= 11 is 0. The second kappa shape index (κ2) is 10.4. The molecule has 1 aromatic heterocycles. The van der Waals surface area contributed by atoms with Gasteiger partial charge >= 0.3 is 6.18 Å².